The fourth-order valence-electron chi connectivity index (χ4n) is 3.76. The summed E-state index contributed by atoms with van der Waals surface area (Å²) in [6, 6.07) is 5.26. The highest BCUT2D eigenvalue weighted by atomic mass is 16.5. The van der Waals surface area contributed by atoms with Crippen molar-refractivity contribution in [3.05, 3.63) is 23.8 Å². The predicted octanol–water partition coefficient (Wildman–Crippen LogP) is 2.65. The molecule has 0 radical (unpaired) electrons. The molecule has 0 spiro atoms. The van der Waals surface area contributed by atoms with Gasteiger partial charge in [0.2, 0.25) is 5.91 Å². The van der Waals surface area contributed by atoms with Crippen molar-refractivity contribution in [2.45, 2.75) is 38.5 Å². The van der Waals surface area contributed by atoms with Crippen LogP contribution in [0.3, 0.4) is 0 Å². The molecular formula is C20H29N3O3. The molecule has 0 aromatic heterocycles. The fourth-order valence-corrected chi connectivity index (χ4v) is 3.76. The van der Waals surface area contributed by atoms with Gasteiger partial charge >= 0.3 is 0 Å². The van der Waals surface area contributed by atoms with E-state index in [-0.39, 0.29) is 11.8 Å². The van der Waals surface area contributed by atoms with Crippen LogP contribution in [0.2, 0.25) is 0 Å². The Kier molecular flexibility index (Phi) is 6.50. The van der Waals surface area contributed by atoms with Crippen molar-refractivity contribution in [3.8, 4) is 5.75 Å². The number of methoxy groups -OCH3 is 1. The van der Waals surface area contributed by atoms with Gasteiger partial charge < -0.3 is 20.3 Å². The van der Waals surface area contributed by atoms with Crippen LogP contribution in [0.5, 0.6) is 5.75 Å². The molecular weight excluding hydrogens is 330 g/mol. The molecule has 2 heterocycles. The number of nitrogens with zero attached hydrogens (tertiary/aromatic N) is 1. The summed E-state index contributed by atoms with van der Waals surface area (Å²) in [5.41, 5.74) is 1.18. The summed E-state index contributed by atoms with van der Waals surface area (Å²) in [7, 11) is 1.57. The number of likely N-dealkylation sites (tertiary alicyclic amines) is 1. The average molecular weight is 359 g/mol. The Morgan fingerprint density at radius 2 is 1.96 bits per heavy atom. The van der Waals surface area contributed by atoms with E-state index >= 15 is 0 Å². The quantitative estimate of drug-likeness (QED) is 0.819. The minimum absolute atomic E-state index is 0.0207. The number of hydrogen-bond donors (Lipinski definition) is 2. The molecule has 2 aliphatic heterocycles. The lowest BCUT2D eigenvalue weighted by molar-refractivity contribution is -0.116. The summed E-state index contributed by atoms with van der Waals surface area (Å²) in [6.45, 7) is 3.70. The number of ether oxygens (including phenoxy) is 1. The fraction of sp³-hybridized carbons (Fsp3) is 0.600. The van der Waals surface area contributed by atoms with E-state index < -0.39 is 0 Å². The van der Waals surface area contributed by atoms with Crippen molar-refractivity contribution in [1.82, 2.24) is 10.2 Å². The van der Waals surface area contributed by atoms with E-state index in [1.165, 1.54) is 0 Å². The number of rotatable bonds is 6. The van der Waals surface area contributed by atoms with Crippen LogP contribution >= 0.6 is 0 Å². The lowest BCUT2D eigenvalue weighted by Crippen LogP contribution is -2.28. The minimum atomic E-state index is -0.0207. The molecule has 0 bridgehead atoms. The molecule has 142 valence electrons. The normalized spacial score (nSPS) is 18.0. The Labute approximate surface area is 155 Å². The van der Waals surface area contributed by atoms with Crippen molar-refractivity contribution in [3.63, 3.8) is 0 Å². The Morgan fingerprint density at radius 1 is 1.23 bits per heavy atom. The minimum Gasteiger partial charge on any atom is -0.495 e. The van der Waals surface area contributed by atoms with Crippen LogP contribution in [0.1, 0.15) is 48.9 Å². The number of hydrogen-bond acceptors (Lipinski definition) is 4. The number of benzene rings is 1. The molecule has 2 aliphatic rings. The van der Waals surface area contributed by atoms with Crippen LogP contribution in [0.4, 0.5) is 5.69 Å². The van der Waals surface area contributed by atoms with Gasteiger partial charge in [-0.2, -0.15) is 0 Å². The van der Waals surface area contributed by atoms with Crippen LogP contribution in [0, 0.1) is 5.92 Å². The largest absolute Gasteiger partial charge is 0.495 e. The van der Waals surface area contributed by atoms with Gasteiger partial charge in [-0.3, -0.25) is 9.59 Å². The first-order valence-electron chi connectivity index (χ1n) is 9.65. The Bertz CT molecular complexity index is 635. The molecule has 2 fully saturated rings. The highest BCUT2D eigenvalue weighted by molar-refractivity contribution is 5.98. The molecule has 2 N–H and O–H groups in total. The summed E-state index contributed by atoms with van der Waals surface area (Å²) >= 11 is 0. The van der Waals surface area contributed by atoms with E-state index in [1.807, 2.05) is 4.90 Å². The standard InChI is InChI=1S/C20H29N3O3/c1-26-18-6-5-16(20(25)23-12-2-3-13-23)14-17(18)22-19(24)7-4-15-8-10-21-11-9-15/h5-6,14-15,21H,2-4,7-13H2,1H3,(H,22,24). The zero-order valence-corrected chi connectivity index (χ0v) is 15.6. The van der Waals surface area contributed by atoms with Gasteiger partial charge in [-0.25, -0.2) is 0 Å². The third-order valence-corrected chi connectivity index (χ3v) is 5.35. The van der Waals surface area contributed by atoms with E-state index in [0.717, 1.165) is 58.3 Å². The van der Waals surface area contributed by atoms with Crippen molar-refractivity contribution in [1.29, 1.82) is 0 Å². The first-order chi connectivity index (χ1) is 12.7. The van der Waals surface area contributed by atoms with Gasteiger partial charge in [0, 0.05) is 25.1 Å². The maximum absolute atomic E-state index is 12.6. The highest BCUT2D eigenvalue weighted by Gasteiger charge is 2.21. The first kappa shape index (κ1) is 18.7. The van der Waals surface area contributed by atoms with Gasteiger partial charge in [-0.1, -0.05) is 0 Å². The topological polar surface area (TPSA) is 70.7 Å². The van der Waals surface area contributed by atoms with E-state index in [2.05, 4.69) is 10.6 Å². The van der Waals surface area contributed by atoms with Crippen LogP contribution in [0.25, 0.3) is 0 Å². The zero-order valence-electron chi connectivity index (χ0n) is 15.6. The second-order valence-corrected chi connectivity index (χ2v) is 7.19. The molecule has 6 heteroatoms. The summed E-state index contributed by atoms with van der Waals surface area (Å²) < 4.78 is 5.35. The summed E-state index contributed by atoms with van der Waals surface area (Å²) in [6.07, 6.45) is 5.79. The zero-order chi connectivity index (χ0) is 18.4. The smallest absolute Gasteiger partial charge is 0.253 e. The number of nitrogens with one attached hydrogen (secondary N) is 2. The number of piperidine rings is 1. The maximum atomic E-state index is 12.6. The van der Waals surface area contributed by atoms with Gasteiger partial charge in [0.1, 0.15) is 5.75 Å². The summed E-state index contributed by atoms with van der Waals surface area (Å²) in [4.78, 5) is 26.8. The van der Waals surface area contributed by atoms with Crippen LogP contribution in [-0.2, 0) is 4.79 Å². The summed E-state index contributed by atoms with van der Waals surface area (Å²) in [5.74, 6) is 1.20. The van der Waals surface area contributed by atoms with Gasteiger partial charge in [0.15, 0.2) is 0 Å². The van der Waals surface area contributed by atoms with Crippen LogP contribution in [-0.4, -0.2) is 50.0 Å². The SMILES string of the molecule is COc1ccc(C(=O)N2CCCC2)cc1NC(=O)CCC1CCNCC1. The molecule has 6 nitrogen and oxygen atoms in total. The molecule has 1 aromatic rings. The van der Waals surface area contributed by atoms with E-state index in [9.17, 15) is 9.59 Å². The Hall–Kier alpha value is -2.08. The molecule has 0 saturated carbocycles. The molecule has 0 atom stereocenters. The van der Waals surface area contributed by atoms with Crippen molar-refractivity contribution in [2.75, 3.05) is 38.6 Å². The third kappa shape index (κ3) is 4.75. The summed E-state index contributed by atoms with van der Waals surface area (Å²) in [5, 5.41) is 6.28. The van der Waals surface area contributed by atoms with E-state index in [4.69, 9.17) is 4.74 Å². The van der Waals surface area contributed by atoms with Crippen LogP contribution in [0.15, 0.2) is 18.2 Å². The molecule has 3 rings (SSSR count). The van der Waals surface area contributed by atoms with Gasteiger partial charge in [-0.15, -0.1) is 0 Å². The average Bonchev–Trinajstić information content (AvgIpc) is 3.21. The highest BCUT2D eigenvalue weighted by Crippen LogP contribution is 2.27. The first-order valence-corrected chi connectivity index (χ1v) is 9.65. The van der Waals surface area contributed by atoms with Crippen molar-refractivity contribution in [2.24, 2.45) is 5.92 Å². The van der Waals surface area contributed by atoms with Crippen LogP contribution < -0.4 is 15.4 Å². The molecule has 0 unspecified atom stereocenters. The van der Waals surface area contributed by atoms with Gasteiger partial charge in [0.25, 0.3) is 5.91 Å². The second-order valence-electron chi connectivity index (χ2n) is 7.19. The third-order valence-electron chi connectivity index (χ3n) is 5.35. The number of carbonyl (C=O) groups excluding carboxylic acids is 2. The second kappa shape index (κ2) is 9.03. The Morgan fingerprint density at radius 3 is 2.65 bits per heavy atom. The lowest BCUT2D eigenvalue weighted by Gasteiger charge is -2.22. The van der Waals surface area contributed by atoms with E-state index in [0.29, 0.717) is 29.3 Å². The van der Waals surface area contributed by atoms with Gasteiger partial charge in [-0.05, 0) is 69.3 Å². The van der Waals surface area contributed by atoms with Gasteiger partial charge in [0.05, 0.1) is 12.8 Å². The monoisotopic (exact) mass is 359 g/mol. The molecule has 2 saturated heterocycles. The predicted molar refractivity (Wildman–Crippen MR) is 102 cm³/mol. The Balaban J connectivity index is 1.62. The molecule has 26 heavy (non-hydrogen) atoms. The number of carbonyl (C=O) groups is 2. The molecule has 2 amide bonds. The van der Waals surface area contributed by atoms with Crippen molar-refractivity contribution < 1.29 is 14.3 Å². The number of amides is 2. The molecule has 1 aromatic carbocycles. The van der Waals surface area contributed by atoms with E-state index in [1.54, 1.807) is 25.3 Å². The number of anilines is 1. The lowest BCUT2D eigenvalue weighted by atomic mass is 9.93. The maximum Gasteiger partial charge on any atom is 0.253 e. The molecule has 0 aliphatic carbocycles. The van der Waals surface area contributed by atoms with Crippen molar-refractivity contribution >= 4 is 17.5 Å².